The number of nitrogens with one attached hydrogen (secondary N) is 2. The number of aromatic hydroxyl groups is 1. The summed E-state index contributed by atoms with van der Waals surface area (Å²) in [6, 6.07) is 18.1. The van der Waals surface area contributed by atoms with Gasteiger partial charge in [-0.25, -0.2) is 5.43 Å². The van der Waals surface area contributed by atoms with Crippen molar-refractivity contribution in [1.29, 1.82) is 0 Å². The van der Waals surface area contributed by atoms with E-state index in [0.29, 0.717) is 11.1 Å². The standard InChI is InChI=1S/C26H25N5O6/c1-30(2)20-11-9-17(10-12-20)13-21(28-25(33)19-7-5-4-6-8-19)26(34)29-27-16-18-14-22(31(35)36)24(32)23(15-18)37-3/h4-16,32H,1-3H3,(H,28,33)(H,29,34)/b21-13-,27-16+. The third kappa shape index (κ3) is 6.92. The van der Waals surface area contributed by atoms with Crippen LogP contribution in [-0.2, 0) is 4.79 Å². The number of ether oxygens (including phenoxy) is 1. The number of anilines is 1. The Labute approximate surface area is 212 Å². The predicted molar refractivity (Wildman–Crippen MR) is 140 cm³/mol. The number of carbonyl (C=O) groups excluding carboxylic acids is 2. The zero-order chi connectivity index (χ0) is 26.9. The first kappa shape index (κ1) is 26.4. The van der Waals surface area contributed by atoms with E-state index < -0.39 is 28.2 Å². The Hall–Kier alpha value is -5.19. The molecule has 0 aliphatic rings. The largest absolute Gasteiger partial charge is 0.500 e. The van der Waals surface area contributed by atoms with Crippen LogP contribution in [0.1, 0.15) is 21.5 Å². The van der Waals surface area contributed by atoms with E-state index >= 15 is 0 Å². The number of rotatable bonds is 9. The van der Waals surface area contributed by atoms with E-state index in [0.717, 1.165) is 18.0 Å². The minimum Gasteiger partial charge on any atom is -0.500 e. The van der Waals surface area contributed by atoms with Crippen molar-refractivity contribution in [3.05, 3.63) is 99.2 Å². The van der Waals surface area contributed by atoms with Crippen LogP contribution in [0.2, 0.25) is 0 Å². The minimum absolute atomic E-state index is 0.0714. The van der Waals surface area contributed by atoms with E-state index in [1.54, 1.807) is 42.5 Å². The van der Waals surface area contributed by atoms with Crippen LogP contribution in [0.25, 0.3) is 6.08 Å². The number of amides is 2. The lowest BCUT2D eigenvalue weighted by molar-refractivity contribution is -0.386. The summed E-state index contributed by atoms with van der Waals surface area (Å²) in [4.78, 5) is 38.0. The molecule has 0 aliphatic heterocycles. The molecule has 3 aromatic rings. The van der Waals surface area contributed by atoms with Gasteiger partial charge in [0.05, 0.1) is 18.2 Å². The van der Waals surface area contributed by atoms with Crippen LogP contribution in [0.5, 0.6) is 11.5 Å². The van der Waals surface area contributed by atoms with E-state index in [1.807, 2.05) is 31.1 Å². The lowest BCUT2D eigenvalue weighted by Crippen LogP contribution is -2.32. The van der Waals surface area contributed by atoms with Gasteiger partial charge < -0.3 is 20.1 Å². The number of hydrazone groups is 1. The maximum atomic E-state index is 12.9. The number of nitro groups is 1. The first-order valence-corrected chi connectivity index (χ1v) is 10.9. The van der Waals surface area contributed by atoms with Crippen molar-refractivity contribution < 1.29 is 24.4 Å². The van der Waals surface area contributed by atoms with E-state index in [2.05, 4.69) is 15.8 Å². The minimum atomic E-state index is -0.769. The molecule has 0 fully saturated rings. The topological polar surface area (TPSA) is 146 Å². The Bertz CT molecular complexity index is 1350. The molecule has 0 saturated heterocycles. The van der Waals surface area contributed by atoms with E-state index in [1.165, 1.54) is 19.3 Å². The summed E-state index contributed by atoms with van der Waals surface area (Å²) in [6.45, 7) is 0. The second-order valence-corrected chi connectivity index (χ2v) is 7.91. The Morgan fingerprint density at radius 1 is 1.05 bits per heavy atom. The van der Waals surface area contributed by atoms with Gasteiger partial charge in [-0.05, 0) is 42.0 Å². The molecule has 190 valence electrons. The monoisotopic (exact) mass is 503 g/mol. The maximum Gasteiger partial charge on any atom is 0.315 e. The van der Waals surface area contributed by atoms with Crippen molar-refractivity contribution >= 4 is 35.5 Å². The average molecular weight is 504 g/mol. The molecule has 3 N–H and O–H groups in total. The van der Waals surface area contributed by atoms with Gasteiger partial charge in [-0.1, -0.05) is 30.3 Å². The molecule has 0 aliphatic carbocycles. The van der Waals surface area contributed by atoms with Gasteiger partial charge in [-0.2, -0.15) is 5.10 Å². The molecular weight excluding hydrogens is 478 g/mol. The molecule has 2 amide bonds. The number of phenols is 1. The molecule has 0 spiro atoms. The summed E-state index contributed by atoms with van der Waals surface area (Å²) in [5, 5.41) is 27.5. The number of nitro benzene ring substituents is 1. The maximum absolute atomic E-state index is 12.9. The van der Waals surface area contributed by atoms with Crippen molar-refractivity contribution in [3.8, 4) is 11.5 Å². The molecule has 3 aromatic carbocycles. The molecule has 11 nitrogen and oxygen atoms in total. The lowest BCUT2D eigenvalue weighted by atomic mass is 10.1. The van der Waals surface area contributed by atoms with Crippen molar-refractivity contribution in [3.63, 3.8) is 0 Å². The molecular formula is C26H25N5O6. The van der Waals surface area contributed by atoms with Gasteiger partial charge in [0.2, 0.25) is 5.75 Å². The second kappa shape index (κ2) is 12.0. The predicted octanol–water partition coefficient (Wildman–Crippen LogP) is 3.30. The van der Waals surface area contributed by atoms with Crippen molar-refractivity contribution in [1.82, 2.24) is 10.7 Å². The summed E-state index contributed by atoms with van der Waals surface area (Å²) in [7, 11) is 5.05. The molecule has 0 atom stereocenters. The van der Waals surface area contributed by atoms with Crippen LogP contribution in [-0.4, -0.2) is 49.3 Å². The molecule has 0 radical (unpaired) electrons. The first-order chi connectivity index (χ1) is 17.7. The third-order valence-electron chi connectivity index (χ3n) is 5.12. The van der Waals surface area contributed by atoms with Crippen molar-refractivity contribution in [2.45, 2.75) is 0 Å². The van der Waals surface area contributed by atoms with Crippen LogP contribution in [0.4, 0.5) is 11.4 Å². The van der Waals surface area contributed by atoms with Crippen molar-refractivity contribution in [2.75, 3.05) is 26.1 Å². The Balaban J connectivity index is 1.86. The number of phenolic OH excluding ortho intramolecular Hbond substituents is 1. The molecule has 11 heteroatoms. The number of benzene rings is 3. The van der Waals surface area contributed by atoms with Crippen LogP contribution in [0, 0.1) is 10.1 Å². The van der Waals surface area contributed by atoms with Gasteiger partial charge in [-0.15, -0.1) is 0 Å². The Morgan fingerprint density at radius 2 is 1.73 bits per heavy atom. The van der Waals surface area contributed by atoms with Crippen LogP contribution in [0.15, 0.2) is 77.5 Å². The van der Waals surface area contributed by atoms with Gasteiger partial charge in [0, 0.05) is 37.0 Å². The number of hydrogen-bond acceptors (Lipinski definition) is 8. The van der Waals surface area contributed by atoms with Crippen LogP contribution in [0.3, 0.4) is 0 Å². The molecule has 0 saturated carbocycles. The number of methoxy groups -OCH3 is 1. The molecule has 3 rings (SSSR count). The summed E-state index contributed by atoms with van der Waals surface area (Å²) in [5.74, 6) is -1.96. The number of carbonyl (C=O) groups is 2. The van der Waals surface area contributed by atoms with E-state index in [4.69, 9.17) is 4.74 Å². The fourth-order valence-electron chi connectivity index (χ4n) is 3.19. The fraction of sp³-hybridized carbons (Fsp3) is 0.115. The summed E-state index contributed by atoms with van der Waals surface area (Å²) in [6.07, 6.45) is 2.65. The lowest BCUT2D eigenvalue weighted by Gasteiger charge is -2.12. The highest BCUT2D eigenvalue weighted by Crippen LogP contribution is 2.36. The molecule has 0 bridgehead atoms. The van der Waals surface area contributed by atoms with Gasteiger partial charge >= 0.3 is 5.69 Å². The molecule has 0 unspecified atom stereocenters. The third-order valence-corrected chi connectivity index (χ3v) is 5.12. The highest BCUT2D eigenvalue weighted by Gasteiger charge is 2.19. The first-order valence-electron chi connectivity index (χ1n) is 10.9. The quantitative estimate of drug-likeness (QED) is 0.176. The average Bonchev–Trinajstić information content (AvgIpc) is 2.89. The zero-order valence-electron chi connectivity index (χ0n) is 20.3. The highest BCUT2D eigenvalue weighted by atomic mass is 16.6. The summed E-state index contributed by atoms with van der Waals surface area (Å²) >= 11 is 0. The van der Waals surface area contributed by atoms with Crippen LogP contribution < -0.4 is 20.4 Å². The molecule has 37 heavy (non-hydrogen) atoms. The van der Waals surface area contributed by atoms with E-state index in [-0.39, 0.29) is 17.0 Å². The number of hydrogen-bond donors (Lipinski definition) is 3. The smallest absolute Gasteiger partial charge is 0.315 e. The molecule has 0 aromatic heterocycles. The fourth-order valence-corrected chi connectivity index (χ4v) is 3.19. The zero-order valence-corrected chi connectivity index (χ0v) is 20.3. The van der Waals surface area contributed by atoms with Gasteiger partial charge in [0.1, 0.15) is 5.70 Å². The van der Waals surface area contributed by atoms with Gasteiger partial charge in [0.25, 0.3) is 11.8 Å². The Kier molecular flexibility index (Phi) is 8.55. The normalized spacial score (nSPS) is 11.2. The highest BCUT2D eigenvalue weighted by molar-refractivity contribution is 6.05. The summed E-state index contributed by atoms with van der Waals surface area (Å²) < 4.78 is 4.95. The van der Waals surface area contributed by atoms with Crippen LogP contribution >= 0.6 is 0 Å². The van der Waals surface area contributed by atoms with E-state index in [9.17, 15) is 24.8 Å². The molecule has 0 heterocycles. The summed E-state index contributed by atoms with van der Waals surface area (Å²) in [5.41, 5.74) is 3.82. The van der Waals surface area contributed by atoms with Crippen molar-refractivity contribution in [2.24, 2.45) is 5.10 Å². The number of nitrogens with zero attached hydrogens (tertiary/aromatic N) is 3. The van der Waals surface area contributed by atoms with Gasteiger partial charge in [-0.3, -0.25) is 19.7 Å². The van der Waals surface area contributed by atoms with Gasteiger partial charge in [0.15, 0.2) is 5.75 Å². The second-order valence-electron chi connectivity index (χ2n) is 7.91. The Morgan fingerprint density at radius 3 is 2.32 bits per heavy atom. The SMILES string of the molecule is COc1cc(/C=N/NC(=O)/C(=C/c2ccc(N(C)C)cc2)NC(=O)c2ccccc2)cc([N+](=O)[O-])c1O.